The van der Waals surface area contributed by atoms with E-state index in [0.717, 1.165) is 22.9 Å². The molecule has 152 valence electrons. The predicted molar refractivity (Wildman–Crippen MR) is 97.9 cm³/mol. The van der Waals surface area contributed by atoms with E-state index in [1.165, 1.54) is 24.3 Å². The van der Waals surface area contributed by atoms with Crippen LogP contribution in [0.25, 0.3) is 5.69 Å². The van der Waals surface area contributed by atoms with Gasteiger partial charge in [0, 0.05) is 6.42 Å². The molecule has 0 bridgehead atoms. The summed E-state index contributed by atoms with van der Waals surface area (Å²) in [5, 5.41) is 9.02. The highest BCUT2D eigenvalue weighted by Crippen LogP contribution is 2.20. The minimum atomic E-state index is -4.10. The number of rotatable bonds is 6. The lowest BCUT2D eigenvalue weighted by atomic mass is 10.1. The maximum absolute atomic E-state index is 14.6. The number of carbonyl (C=O) groups is 1. The molecule has 0 amide bonds. The van der Waals surface area contributed by atoms with Crippen molar-refractivity contribution >= 4 is 16.0 Å². The number of sulfonamides is 1. The molecular weight excluding hydrogens is 406 g/mol. The Morgan fingerprint density at radius 2 is 1.86 bits per heavy atom. The van der Waals surface area contributed by atoms with Gasteiger partial charge in [-0.3, -0.25) is 0 Å². The Bertz CT molecular complexity index is 1160. The molecule has 0 aliphatic carbocycles. The largest absolute Gasteiger partial charge is 0.460 e. The van der Waals surface area contributed by atoms with Gasteiger partial charge >= 0.3 is 5.97 Å². The first-order chi connectivity index (χ1) is 13.7. The lowest BCUT2D eigenvalue weighted by Gasteiger charge is -2.08. The lowest BCUT2D eigenvalue weighted by Crippen LogP contribution is -2.13. The zero-order chi connectivity index (χ0) is 21.2. The van der Waals surface area contributed by atoms with Gasteiger partial charge in [0.15, 0.2) is 0 Å². The molecule has 0 fully saturated rings. The third-order valence-corrected chi connectivity index (χ3v) is 4.79. The SMILES string of the molecule is CCOC(=O)c1nc(Cc2ccc(F)cc2)n(-c2ccc(S(N)(=O)=O)cc2F)n1. The second-order valence-corrected chi connectivity index (χ2v) is 7.51. The molecule has 0 unspecified atom stereocenters. The fraction of sp³-hybridized carbons (Fsp3) is 0.167. The highest BCUT2D eigenvalue weighted by molar-refractivity contribution is 7.89. The topological polar surface area (TPSA) is 117 Å². The molecule has 0 saturated carbocycles. The van der Waals surface area contributed by atoms with Gasteiger partial charge in [-0.15, -0.1) is 5.10 Å². The molecule has 11 heteroatoms. The van der Waals surface area contributed by atoms with Crippen LogP contribution in [0.1, 0.15) is 28.9 Å². The predicted octanol–water partition coefficient (Wildman–Crippen LogP) is 1.96. The van der Waals surface area contributed by atoms with E-state index in [4.69, 9.17) is 9.88 Å². The van der Waals surface area contributed by atoms with Gasteiger partial charge in [-0.2, -0.15) is 0 Å². The van der Waals surface area contributed by atoms with Crippen LogP contribution in [-0.4, -0.2) is 35.8 Å². The van der Waals surface area contributed by atoms with Crippen LogP contribution >= 0.6 is 0 Å². The zero-order valence-electron chi connectivity index (χ0n) is 15.2. The Morgan fingerprint density at radius 1 is 1.17 bits per heavy atom. The number of primary sulfonamides is 1. The number of nitrogens with two attached hydrogens (primary N) is 1. The first-order valence-electron chi connectivity index (χ1n) is 8.39. The highest BCUT2D eigenvalue weighted by Gasteiger charge is 2.21. The highest BCUT2D eigenvalue weighted by atomic mass is 32.2. The van der Waals surface area contributed by atoms with Crippen LogP contribution in [0.4, 0.5) is 8.78 Å². The second-order valence-electron chi connectivity index (χ2n) is 5.95. The van der Waals surface area contributed by atoms with E-state index in [1.54, 1.807) is 6.92 Å². The Hall–Kier alpha value is -3.18. The summed E-state index contributed by atoms with van der Waals surface area (Å²) in [6.07, 6.45) is 0.100. The van der Waals surface area contributed by atoms with Crippen LogP contribution in [0.3, 0.4) is 0 Å². The number of benzene rings is 2. The van der Waals surface area contributed by atoms with Gasteiger partial charge in [0.25, 0.3) is 5.82 Å². The van der Waals surface area contributed by atoms with E-state index in [0.29, 0.717) is 5.56 Å². The average molecular weight is 422 g/mol. The summed E-state index contributed by atoms with van der Waals surface area (Å²) in [7, 11) is -4.10. The zero-order valence-corrected chi connectivity index (χ0v) is 16.0. The normalized spacial score (nSPS) is 11.4. The molecule has 8 nitrogen and oxygen atoms in total. The number of aromatic nitrogens is 3. The quantitative estimate of drug-likeness (QED) is 0.607. The molecule has 3 aromatic rings. The summed E-state index contributed by atoms with van der Waals surface area (Å²) in [5.41, 5.74) is 0.495. The number of esters is 1. The number of hydrogen-bond donors (Lipinski definition) is 1. The Balaban J connectivity index is 2.08. The maximum atomic E-state index is 14.6. The minimum absolute atomic E-state index is 0.0953. The standard InChI is InChI=1S/C18H16F2N4O4S/c1-2-28-18(25)17-22-16(9-11-3-5-12(19)6-4-11)24(23-17)15-8-7-13(10-14(15)20)29(21,26)27/h3-8,10H,2,9H2,1H3,(H2,21,26,27). The van der Waals surface area contributed by atoms with Gasteiger partial charge in [-0.05, 0) is 42.8 Å². The summed E-state index contributed by atoms with van der Waals surface area (Å²) in [5.74, 6) is -2.28. The molecule has 29 heavy (non-hydrogen) atoms. The number of nitrogens with zero attached hydrogens (tertiary/aromatic N) is 3. The van der Waals surface area contributed by atoms with E-state index in [9.17, 15) is 22.0 Å². The molecule has 2 aromatic carbocycles. The molecule has 1 heterocycles. The summed E-state index contributed by atoms with van der Waals surface area (Å²) in [6, 6.07) is 8.55. The monoisotopic (exact) mass is 422 g/mol. The van der Waals surface area contributed by atoms with Gasteiger partial charge in [-0.25, -0.2) is 36.8 Å². The number of ether oxygens (including phenoxy) is 1. The minimum Gasteiger partial charge on any atom is -0.460 e. The van der Waals surface area contributed by atoms with Gasteiger partial charge in [0.05, 0.1) is 11.5 Å². The average Bonchev–Trinajstić information content (AvgIpc) is 3.06. The van der Waals surface area contributed by atoms with Crippen molar-refractivity contribution in [1.29, 1.82) is 0 Å². The molecule has 0 aliphatic heterocycles. The summed E-state index contributed by atoms with van der Waals surface area (Å²) in [6.45, 7) is 1.71. The third kappa shape index (κ3) is 4.63. The van der Waals surface area contributed by atoms with Crippen LogP contribution in [0.2, 0.25) is 0 Å². The molecule has 3 rings (SSSR count). The lowest BCUT2D eigenvalue weighted by molar-refractivity contribution is 0.0512. The Morgan fingerprint density at radius 3 is 2.45 bits per heavy atom. The molecule has 0 atom stereocenters. The van der Waals surface area contributed by atoms with Crippen molar-refractivity contribution in [3.05, 3.63) is 71.3 Å². The van der Waals surface area contributed by atoms with Crippen molar-refractivity contribution in [2.75, 3.05) is 6.61 Å². The van der Waals surface area contributed by atoms with Crippen molar-refractivity contribution in [3.63, 3.8) is 0 Å². The second kappa shape index (κ2) is 8.05. The summed E-state index contributed by atoms with van der Waals surface area (Å²) < 4.78 is 56.5. The van der Waals surface area contributed by atoms with Gasteiger partial charge in [0.1, 0.15) is 23.1 Å². The van der Waals surface area contributed by atoms with Gasteiger partial charge < -0.3 is 4.74 Å². The maximum Gasteiger partial charge on any atom is 0.378 e. The van der Waals surface area contributed by atoms with E-state index in [1.807, 2.05) is 0 Å². The molecule has 0 saturated heterocycles. The summed E-state index contributed by atoms with van der Waals surface area (Å²) >= 11 is 0. The fourth-order valence-electron chi connectivity index (χ4n) is 2.56. The van der Waals surface area contributed by atoms with Crippen LogP contribution in [0.15, 0.2) is 47.4 Å². The first kappa shape index (κ1) is 20.6. The Kier molecular flexibility index (Phi) is 5.71. The van der Waals surface area contributed by atoms with Gasteiger partial charge in [-0.1, -0.05) is 12.1 Å². The van der Waals surface area contributed by atoms with Crippen LogP contribution < -0.4 is 5.14 Å². The van der Waals surface area contributed by atoms with E-state index < -0.39 is 32.5 Å². The fourth-order valence-corrected chi connectivity index (χ4v) is 3.08. The van der Waals surface area contributed by atoms with E-state index >= 15 is 0 Å². The number of hydrogen-bond acceptors (Lipinski definition) is 6. The smallest absolute Gasteiger partial charge is 0.378 e. The third-order valence-electron chi connectivity index (χ3n) is 3.88. The molecule has 1 aromatic heterocycles. The Labute approximate surface area is 165 Å². The van der Waals surface area contributed by atoms with E-state index in [2.05, 4.69) is 10.1 Å². The van der Waals surface area contributed by atoms with Crippen LogP contribution in [0.5, 0.6) is 0 Å². The van der Waals surface area contributed by atoms with Gasteiger partial charge in [0.2, 0.25) is 10.0 Å². The molecule has 2 N–H and O–H groups in total. The van der Waals surface area contributed by atoms with Crippen molar-refractivity contribution in [2.45, 2.75) is 18.2 Å². The van der Waals surface area contributed by atoms with Crippen molar-refractivity contribution < 1.29 is 26.7 Å². The van der Waals surface area contributed by atoms with Crippen LogP contribution in [-0.2, 0) is 21.2 Å². The summed E-state index contributed by atoms with van der Waals surface area (Å²) in [4.78, 5) is 15.7. The molecule has 0 spiro atoms. The first-order valence-corrected chi connectivity index (χ1v) is 9.94. The van der Waals surface area contributed by atoms with Crippen molar-refractivity contribution in [2.24, 2.45) is 5.14 Å². The molecule has 0 radical (unpaired) electrons. The number of halogens is 2. The van der Waals surface area contributed by atoms with Crippen LogP contribution in [0, 0.1) is 11.6 Å². The molecular formula is C18H16F2N4O4S. The molecule has 0 aliphatic rings. The van der Waals surface area contributed by atoms with Crippen molar-refractivity contribution in [1.82, 2.24) is 14.8 Å². The van der Waals surface area contributed by atoms with E-state index in [-0.39, 0.29) is 30.4 Å². The van der Waals surface area contributed by atoms with Crippen molar-refractivity contribution in [3.8, 4) is 5.69 Å². The number of carbonyl (C=O) groups excluding carboxylic acids is 1.